The van der Waals surface area contributed by atoms with Gasteiger partial charge >= 0.3 is 0 Å². The van der Waals surface area contributed by atoms with E-state index in [1.807, 2.05) is 19.1 Å². The number of hydrogen-bond donors (Lipinski definition) is 1. The second-order valence-corrected chi connectivity index (χ2v) is 10.9. The van der Waals surface area contributed by atoms with Crippen molar-refractivity contribution in [1.29, 1.82) is 0 Å². The Balaban J connectivity index is 0.000000733. The van der Waals surface area contributed by atoms with Gasteiger partial charge in [0.2, 0.25) is 0 Å². The summed E-state index contributed by atoms with van der Waals surface area (Å²) in [5, 5.41) is 11.1. The van der Waals surface area contributed by atoms with Crippen LogP contribution < -0.4 is 4.90 Å². The molecule has 6 nitrogen and oxygen atoms in total. The molecule has 0 unspecified atom stereocenters. The molecule has 0 radical (unpaired) electrons. The highest BCUT2D eigenvalue weighted by Crippen LogP contribution is 2.40. The van der Waals surface area contributed by atoms with Crippen LogP contribution in [-0.2, 0) is 4.79 Å². The number of aryl methyl sites for hydroxylation is 1. The first-order valence-electron chi connectivity index (χ1n) is 11.3. The number of aliphatic hydroxyl groups is 1. The molecule has 0 amide bonds. The second-order valence-electron chi connectivity index (χ2n) is 9.18. The molecule has 8 heteroatoms. The first kappa shape index (κ1) is 29.7. The lowest BCUT2D eigenvalue weighted by molar-refractivity contribution is -0.0980. The summed E-state index contributed by atoms with van der Waals surface area (Å²) in [5.74, 6) is 0. The van der Waals surface area contributed by atoms with Gasteiger partial charge < -0.3 is 14.8 Å². The third kappa shape index (κ3) is 9.91. The third-order valence-electron chi connectivity index (χ3n) is 4.09. The summed E-state index contributed by atoms with van der Waals surface area (Å²) in [5.41, 5.74) is 4.59. The minimum atomic E-state index is 0.110. The van der Waals surface area contributed by atoms with E-state index in [1.165, 1.54) is 17.3 Å². The Labute approximate surface area is 212 Å². The molecule has 1 N–H and O–H groups in total. The van der Waals surface area contributed by atoms with Gasteiger partial charge in [0.1, 0.15) is 6.79 Å². The number of nitrogens with zero attached hydrogens (tertiary/aromatic N) is 4. The monoisotopic (exact) mass is 502 g/mol. The molecule has 0 aliphatic rings. The van der Waals surface area contributed by atoms with Gasteiger partial charge in [-0.15, -0.1) is 0 Å². The van der Waals surface area contributed by atoms with Crippen LogP contribution in [0, 0.1) is 12.3 Å². The maximum atomic E-state index is 9.45. The van der Waals surface area contributed by atoms with Crippen LogP contribution in [0.25, 0.3) is 21.8 Å². The molecule has 3 aromatic rings. The molecule has 0 saturated heterocycles. The average Bonchev–Trinajstić information content (AvgIpc) is 3.25. The highest BCUT2D eigenvalue weighted by Gasteiger charge is 2.20. The molecule has 0 saturated carbocycles. The van der Waals surface area contributed by atoms with Crippen LogP contribution in [0.5, 0.6) is 0 Å². The van der Waals surface area contributed by atoms with Gasteiger partial charge in [0.15, 0.2) is 10.3 Å². The molecular formula is C26H38N4O2S2. The van der Waals surface area contributed by atoms with E-state index < -0.39 is 0 Å². The fourth-order valence-electron chi connectivity index (χ4n) is 2.87. The number of thiazole rings is 1. The smallest absolute Gasteiger partial charge is 0.187 e. The third-order valence-corrected chi connectivity index (χ3v) is 5.79. The van der Waals surface area contributed by atoms with E-state index in [-0.39, 0.29) is 6.61 Å². The summed E-state index contributed by atoms with van der Waals surface area (Å²) in [4.78, 5) is 25.1. The van der Waals surface area contributed by atoms with Crippen molar-refractivity contribution in [3.8, 4) is 21.8 Å². The average molecular weight is 503 g/mol. The van der Waals surface area contributed by atoms with E-state index in [9.17, 15) is 5.11 Å². The minimum absolute atomic E-state index is 0.110. The van der Waals surface area contributed by atoms with Crippen LogP contribution in [0.3, 0.4) is 0 Å². The SMILES string of the molecule is C=O.CC(C)(C)C.CCCN(CCO)c1nc(-c2cccc(C)c2)c(-c2ccnc(SC)n2)s1. The minimum Gasteiger partial charge on any atom is -0.395 e. The van der Waals surface area contributed by atoms with Gasteiger partial charge in [-0.3, -0.25) is 0 Å². The van der Waals surface area contributed by atoms with Gasteiger partial charge in [-0.2, -0.15) is 0 Å². The molecule has 0 aliphatic heterocycles. The van der Waals surface area contributed by atoms with Crippen LogP contribution in [0.2, 0.25) is 0 Å². The molecule has 1 aromatic carbocycles. The number of aliphatic hydroxyl groups excluding tert-OH is 1. The van der Waals surface area contributed by atoms with E-state index in [0.29, 0.717) is 12.0 Å². The number of carbonyl (C=O) groups excluding carboxylic acids is 1. The first-order valence-corrected chi connectivity index (χ1v) is 13.3. The van der Waals surface area contributed by atoms with Gasteiger partial charge in [0.25, 0.3) is 0 Å². The number of rotatable bonds is 8. The Kier molecular flexibility index (Phi) is 13.0. The zero-order valence-electron chi connectivity index (χ0n) is 21.5. The Morgan fingerprint density at radius 2 is 1.79 bits per heavy atom. The largest absolute Gasteiger partial charge is 0.395 e. The molecule has 186 valence electrons. The van der Waals surface area contributed by atoms with Gasteiger partial charge in [-0.1, -0.05) is 81.5 Å². The van der Waals surface area contributed by atoms with E-state index in [1.54, 1.807) is 17.5 Å². The lowest BCUT2D eigenvalue weighted by Gasteiger charge is -2.19. The Morgan fingerprint density at radius 1 is 1.12 bits per heavy atom. The molecule has 2 heterocycles. The first-order chi connectivity index (χ1) is 16.2. The van der Waals surface area contributed by atoms with Crippen LogP contribution in [0.4, 0.5) is 5.13 Å². The number of anilines is 1. The van der Waals surface area contributed by atoms with E-state index in [0.717, 1.165) is 45.1 Å². The summed E-state index contributed by atoms with van der Waals surface area (Å²) >= 11 is 3.15. The molecule has 0 bridgehead atoms. The van der Waals surface area contributed by atoms with Crippen molar-refractivity contribution in [2.24, 2.45) is 5.41 Å². The summed E-state index contributed by atoms with van der Waals surface area (Å²) in [6.45, 7) is 16.5. The lowest BCUT2D eigenvalue weighted by atomic mass is 10.0. The molecule has 34 heavy (non-hydrogen) atoms. The Morgan fingerprint density at radius 3 is 2.35 bits per heavy atom. The molecule has 0 fully saturated rings. The Bertz CT molecular complexity index is 990. The summed E-state index contributed by atoms with van der Waals surface area (Å²) in [6, 6.07) is 10.3. The molecule has 0 spiro atoms. The van der Waals surface area contributed by atoms with Gasteiger partial charge in [0.05, 0.1) is 22.9 Å². The van der Waals surface area contributed by atoms with Crippen molar-refractivity contribution < 1.29 is 9.90 Å². The zero-order valence-corrected chi connectivity index (χ0v) is 23.1. The normalized spacial score (nSPS) is 10.6. The maximum Gasteiger partial charge on any atom is 0.187 e. The van der Waals surface area contributed by atoms with Crippen molar-refractivity contribution in [3.05, 3.63) is 42.1 Å². The second kappa shape index (κ2) is 14.9. The van der Waals surface area contributed by atoms with E-state index in [4.69, 9.17) is 9.78 Å². The number of thioether (sulfide) groups is 1. The van der Waals surface area contributed by atoms with E-state index in [2.05, 4.69) is 80.7 Å². The molecule has 0 atom stereocenters. The summed E-state index contributed by atoms with van der Waals surface area (Å²) in [7, 11) is 0. The van der Waals surface area contributed by atoms with Crippen molar-refractivity contribution in [2.75, 3.05) is 30.9 Å². The van der Waals surface area contributed by atoms with Gasteiger partial charge in [-0.05, 0) is 37.1 Å². The van der Waals surface area contributed by atoms with Crippen LogP contribution in [0.15, 0.2) is 41.7 Å². The fraction of sp³-hybridized carbons (Fsp3) is 0.462. The highest BCUT2D eigenvalue weighted by molar-refractivity contribution is 7.98. The number of carbonyl (C=O) groups is 1. The highest BCUT2D eigenvalue weighted by atomic mass is 32.2. The summed E-state index contributed by atoms with van der Waals surface area (Å²) < 4.78 is 0. The van der Waals surface area contributed by atoms with Gasteiger partial charge in [0, 0.05) is 24.8 Å². The standard InChI is InChI=1S/C20H24N4OS2.C5H12.CH2O/c1-4-10-24(11-12-25)20-23-17(15-7-5-6-14(2)13-15)18(27-20)16-8-9-21-19(22-16)26-3;1-5(2,3)4;1-2/h5-9,13,25H,4,10-12H2,1-3H3;1-4H3;1H2. The number of aromatic nitrogens is 3. The molecule has 2 aromatic heterocycles. The van der Waals surface area contributed by atoms with Crippen LogP contribution in [0.1, 0.15) is 46.6 Å². The molecule has 3 rings (SSSR count). The quantitative estimate of drug-likeness (QED) is 0.283. The number of benzene rings is 1. The van der Waals surface area contributed by atoms with Gasteiger partial charge in [-0.25, -0.2) is 15.0 Å². The predicted octanol–water partition coefficient (Wildman–Crippen LogP) is 6.37. The van der Waals surface area contributed by atoms with Crippen LogP contribution >= 0.6 is 23.1 Å². The molecular weight excluding hydrogens is 464 g/mol. The van der Waals surface area contributed by atoms with Crippen molar-refractivity contribution in [2.45, 2.75) is 53.1 Å². The molecule has 0 aliphatic carbocycles. The van der Waals surface area contributed by atoms with Crippen molar-refractivity contribution in [1.82, 2.24) is 15.0 Å². The van der Waals surface area contributed by atoms with Crippen molar-refractivity contribution >= 4 is 35.0 Å². The topological polar surface area (TPSA) is 79.2 Å². The van der Waals surface area contributed by atoms with E-state index >= 15 is 0 Å². The summed E-state index contributed by atoms with van der Waals surface area (Å²) in [6.07, 6.45) is 4.77. The van der Waals surface area contributed by atoms with Crippen molar-refractivity contribution in [3.63, 3.8) is 0 Å². The Hall–Kier alpha value is -2.29. The van der Waals surface area contributed by atoms with Crippen LogP contribution in [-0.4, -0.2) is 52.8 Å². The predicted molar refractivity (Wildman–Crippen MR) is 147 cm³/mol. The number of hydrogen-bond acceptors (Lipinski definition) is 8. The fourth-order valence-corrected chi connectivity index (χ4v) is 4.33. The lowest BCUT2D eigenvalue weighted by Crippen LogP contribution is -2.27. The zero-order chi connectivity index (χ0) is 25.7. The maximum absolute atomic E-state index is 9.45.